The Morgan fingerprint density at radius 1 is 1.17 bits per heavy atom. The van der Waals surface area contributed by atoms with Crippen molar-refractivity contribution in [3.05, 3.63) is 93.8 Å². The van der Waals surface area contributed by atoms with Crippen LogP contribution >= 0.6 is 11.3 Å². The molecule has 1 unspecified atom stereocenters. The second-order valence-corrected chi connectivity index (χ2v) is 11.6. The normalized spacial score (nSPS) is 13.8. The van der Waals surface area contributed by atoms with Gasteiger partial charge in [0.1, 0.15) is 23.2 Å². The standard InChI is InChI=1S/C29H24F2N4O5S2/c1-15-2-9-26(40-15)20-12-18(6-8-22(20)30)27-21(11-17-5-7-19(13-23(17)31)34-42(38)39)25(10-16-3-4-16)35(33-27)29-32-24(14-41-29)28(36)37/h2,5-9,12-14,16,34H,3-4,10-11H2,1H3,(H,36,37)(H,38,39). The lowest BCUT2D eigenvalue weighted by Crippen LogP contribution is -2.07. The summed E-state index contributed by atoms with van der Waals surface area (Å²) in [4.78, 5) is 15.9. The van der Waals surface area contributed by atoms with Crippen molar-refractivity contribution >= 4 is 34.3 Å². The zero-order chi connectivity index (χ0) is 29.5. The molecule has 1 aliphatic rings. The SMILES string of the molecule is Cc1ccc(-c2cc(-c3nn(-c4nc(C(=O)O)cs4)c(CC4CC4)c3Cc3ccc(NS(=O)O)cc3F)ccc2F)o1. The fraction of sp³-hybridized carbons (Fsp3) is 0.207. The van der Waals surface area contributed by atoms with Crippen LogP contribution in [0.2, 0.25) is 0 Å². The highest BCUT2D eigenvalue weighted by atomic mass is 32.2. The summed E-state index contributed by atoms with van der Waals surface area (Å²) in [5, 5.41) is 16.1. The van der Waals surface area contributed by atoms with Gasteiger partial charge < -0.3 is 9.52 Å². The minimum Gasteiger partial charge on any atom is -0.476 e. The summed E-state index contributed by atoms with van der Waals surface area (Å²) < 4.78 is 60.1. The molecule has 0 bridgehead atoms. The summed E-state index contributed by atoms with van der Waals surface area (Å²) in [6.07, 6.45) is 2.75. The largest absolute Gasteiger partial charge is 0.476 e. The molecule has 1 fully saturated rings. The molecular weight excluding hydrogens is 586 g/mol. The first-order chi connectivity index (χ1) is 20.2. The molecule has 6 rings (SSSR count). The number of nitrogens with zero attached hydrogens (tertiary/aromatic N) is 3. The van der Waals surface area contributed by atoms with Crippen molar-refractivity contribution in [2.24, 2.45) is 5.92 Å². The van der Waals surface area contributed by atoms with Crippen LogP contribution in [0, 0.1) is 24.5 Å². The molecule has 0 saturated heterocycles. The van der Waals surface area contributed by atoms with Crippen LogP contribution in [0.5, 0.6) is 0 Å². The molecule has 3 N–H and O–H groups in total. The van der Waals surface area contributed by atoms with Crippen molar-refractivity contribution in [3.8, 4) is 27.7 Å². The summed E-state index contributed by atoms with van der Waals surface area (Å²) in [5.74, 6) is -0.860. The second-order valence-electron chi connectivity index (χ2n) is 10.1. The number of benzene rings is 2. The molecule has 3 heterocycles. The van der Waals surface area contributed by atoms with E-state index >= 15 is 4.39 Å². The third kappa shape index (κ3) is 5.75. The zero-order valence-corrected chi connectivity index (χ0v) is 23.8. The fourth-order valence-corrected chi connectivity index (χ4v) is 5.91. The highest BCUT2D eigenvalue weighted by Gasteiger charge is 2.30. The first kappa shape index (κ1) is 27.9. The van der Waals surface area contributed by atoms with Crippen molar-refractivity contribution in [2.45, 2.75) is 32.6 Å². The van der Waals surface area contributed by atoms with Gasteiger partial charge in [-0.15, -0.1) is 11.3 Å². The number of nitrogens with one attached hydrogen (secondary N) is 1. The molecule has 13 heteroatoms. The Morgan fingerprint density at radius 2 is 1.98 bits per heavy atom. The van der Waals surface area contributed by atoms with Crippen molar-refractivity contribution in [3.63, 3.8) is 0 Å². The molecule has 0 spiro atoms. The number of carbonyl (C=O) groups is 1. The van der Waals surface area contributed by atoms with E-state index in [0.29, 0.717) is 51.4 Å². The highest BCUT2D eigenvalue weighted by Crippen LogP contribution is 2.39. The number of carboxylic acids is 1. The Bertz CT molecular complexity index is 1840. The van der Waals surface area contributed by atoms with Gasteiger partial charge >= 0.3 is 5.97 Å². The predicted octanol–water partition coefficient (Wildman–Crippen LogP) is 6.63. The lowest BCUT2D eigenvalue weighted by atomic mass is 9.95. The monoisotopic (exact) mass is 610 g/mol. The van der Waals surface area contributed by atoms with Gasteiger partial charge in [0, 0.05) is 22.9 Å². The minimum absolute atomic E-state index is 0.107. The third-order valence-electron chi connectivity index (χ3n) is 7.03. The van der Waals surface area contributed by atoms with Crippen LogP contribution < -0.4 is 4.72 Å². The predicted molar refractivity (Wildman–Crippen MR) is 154 cm³/mol. The topological polar surface area (TPSA) is 130 Å². The second kappa shape index (κ2) is 11.2. The number of furan rings is 1. The average molecular weight is 611 g/mol. The molecule has 42 heavy (non-hydrogen) atoms. The molecule has 1 aliphatic carbocycles. The van der Waals surface area contributed by atoms with Crippen LogP contribution in [-0.4, -0.2) is 34.6 Å². The summed E-state index contributed by atoms with van der Waals surface area (Å²) in [7, 11) is 0. The number of carboxylic acid groups (broad SMARTS) is 1. The summed E-state index contributed by atoms with van der Waals surface area (Å²) in [5.41, 5.74) is 3.08. The van der Waals surface area contributed by atoms with E-state index in [4.69, 9.17) is 14.1 Å². The summed E-state index contributed by atoms with van der Waals surface area (Å²) >= 11 is -1.22. The van der Waals surface area contributed by atoms with Crippen LogP contribution in [0.3, 0.4) is 0 Å². The molecule has 1 saturated carbocycles. The van der Waals surface area contributed by atoms with Gasteiger partial charge in [0.2, 0.25) is 5.13 Å². The van der Waals surface area contributed by atoms with Crippen LogP contribution in [0.1, 0.15) is 45.9 Å². The molecule has 0 radical (unpaired) electrons. The van der Waals surface area contributed by atoms with Gasteiger partial charge in [-0.25, -0.2) is 27.5 Å². The van der Waals surface area contributed by atoms with Crippen LogP contribution in [0.4, 0.5) is 14.5 Å². The lowest BCUT2D eigenvalue weighted by molar-refractivity contribution is 0.0691. The number of rotatable bonds is 10. The van der Waals surface area contributed by atoms with Gasteiger partial charge in [-0.1, -0.05) is 6.07 Å². The van der Waals surface area contributed by atoms with Crippen LogP contribution in [0.15, 0.2) is 58.3 Å². The van der Waals surface area contributed by atoms with E-state index in [9.17, 15) is 18.5 Å². The van der Waals surface area contributed by atoms with E-state index in [1.54, 1.807) is 35.9 Å². The molecule has 1 atom stereocenters. The quantitative estimate of drug-likeness (QED) is 0.151. The summed E-state index contributed by atoms with van der Waals surface area (Å²) in [6.45, 7) is 1.77. The maximum Gasteiger partial charge on any atom is 0.355 e. The van der Waals surface area contributed by atoms with E-state index in [0.717, 1.165) is 35.9 Å². The average Bonchev–Trinajstić information content (AvgIpc) is 3.29. The van der Waals surface area contributed by atoms with Crippen LogP contribution in [-0.2, 0) is 24.1 Å². The van der Waals surface area contributed by atoms with Crippen LogP contribution in [0.25, 0.3) is 27.7 Å². The number of aryl methyl sites for hydroxylation is 1. The molecule has 0 aliphatic heterocycles. The Morgan fingerprint density at radius 3 is 2.62 bits per heavy atom. The first-order valence-electron chi connectivity index (χ1n) is 13.0. The third-order valence-corrected chi connectivity index (χ3v) is 8.26. The molecular formula is C29H24F2N4O5S2. The van der Waals surface area contributed by atoms with E-state index in [1.165, 1.54) is 23.6 Å². The number of aromatic carboxylic acids is 1. The molecule has 3 aromatic heterocycles. The molecule has 0 amide bonds. The van der Waals surface area contributed by atoms with Crippen molar-refractivity contribution in [2.75, 3.05) is 4.72 Å². The fourth-order valence-electron chi connectivity index (χ4n) is 4.81. The highest BCUT2D eigenvalue weighted by molar-refractivity contribution is 7.80. The first-order valence-corrected chi connectivity index (χ1v) is 15.0. The number of anilines is 1. The van der Waals surface area contributed by atoms with E-state index in [2.05, 4.69) is 9.71 Å². The van der Waals surface area contributed by atoms with Crippen molar-refractivity contribution < 1.29 is 31.9 Å². The number of aromatic nitrogens is 3. The molecule has 5 aromatic rings. The minimum atomic E-state index is -2.36. The van der Waals surface area contributed by atoms with E-state index in [-0.39, 0.29) is 23.4 Å². The zero-order valence-electron chi connectivity index (χ0n) is 22.1. The molecule has 9 nitrogen and oxygen atoms in total. The summed E-state index contributed by atoms with van der Waals surface area (Å²) in [6, 6.07) is 12.2. The lowest BCUT2D eigenvalue weighted by Gasteiger charge is -2.11. The van der Waals surface area contributed by atoms with Gasteiger partial charge in [0.25, 0.3) is 11.3 Å². The van der Waals surface area contributed by atoms with Crippen molar-refractivity contribution in [1.29, 1.82) is 0 Å². The van der Waals surface area contributed by atoms with Gasteiger partial charge in [0.05, 0.1) is 22.6 Å². The maximum atomic E-state index is 15.3. The number of halogens is 2. The van der Waals surface area contributed by atoms with Gasteiger partial charge in [-0.05, 0) is 80.1 Å². The van der Waals surface area contributed by atoms with Gasteiger partial charge in [-0.3, -0.25) is 9.27 Å². The Labute approximate surface area is 245 Å². The number of hydrogen-bond donors (Lipinski definition) is 3. The Hall–Kier alpha value is -4.20. The molecule has 216 valence electrons. The smallest absolute Gasteiger partial charge is 0.355 e. The Balaban J connectivity index is 1.52. The maximum absolute atomic E-state index is 15.3. The van der Waals surface area contributed by atoms with E-state index in [1.807, 2.05) is 0 Å². The van der Waals surface area contributed by atoms with E-state index < -0.39 is 28.9 Å². The Kier molecular flexibility index (Phi) is 7.47. The van der Waals surface area contributed by atoms with Crippen molar-refractivity contribution in [1.82, 2.24) is 14.8 Å². The number of hydrogen-bond acceptors (Lipinski definition) is 6. The molecule has 2 aromatic carbocycles. The van der Waals surface area contributed by atoms with Gasteiger partial charge in [-0.2, -0.15) is 5.10 Å². The number of thiazole rings is 1. The van der Waals surface area contributed by atoms with Gasteiger partial charge in [0.15, 0.2) is 5.69 Å².